The summed E-state index contributed by atoms with van der Waals surface area (Å²) in [5.74, 6) is -2.26. The van der Waals surface area contributed by atoms with Crippen LogP contribution in [0.4, 0.5) is 0 Å². The van der Waals surface area contributed by atoms with Crippen molar-refractivity contribution in [1.29, 1.82) is 0 Å². The van der Waals surface area contributed by atoms with E-state index in [1.54, 1.807) is 30.3 Å². The summed E-state index contributed by atoms with van der Waals surface area (Å²) < 4.78 is 11.1. The van der Waals surface area contributed by atoms with Crippen LogP contribution in [0.2, 0.25) is 0 Å². The summed E-state index contributed by atoms with van der Waals surface area (Å²) in [6.07, 6.45) is -0.601. The standard InChI is InChI=1S/C11H16NO5P/c1-11(12,10(13)14)9(7-18(15,16)17)8-5-3-2-4-6-8/h2-6,9H,7,12H2,1H3,(H,13,14)(H2,15,16,17)/t9?,11-/m0/s1. The Balaban J connectivity index is 3.20. The average molecular weight is 273 g/mol. The quantitative estimate of drug-likeness (QED) is 0.587. The van der Waals surface area contributed by atoms with Crippen molar-refractivity contribution in [2.24, 2.45) is 5.73 Å². The molecule has 1 unspecified atom stereocenters. The Labute approximate surface area is 105 Å². The molecule has 1 rings (SSSR count). The molecule has 0 aliphatic heterocycles. The Bertz CT molecular complexity index is 468. The van der Waals surface area contributed by atoms with Crippen LogP contribution in [-0.2, 0) is 9.36 Å². The molecule has 0 bridgehead atoms. The van der Waals surface area contributed by atoms with E-state index in [-0.39, 0.29) is 0 Å². The van der Waals surface area contributed by atoms with Crippen LogP contribution in [-0.4, -0.2) is 32.6 Å². The number of benzene rings is 1. The Morgan fingerprint density at radius 1 is 1.39 bits per heavy atom. The fourth-order valence-corrected chi connectivity index (χ4v) is 2.78. The van der Waals surface area contributed by atoms with Crippen molar-refractivity contribution >= 4 is 13.6 Å². The lowest BCUT2D eigenvalue weighted by Crippen LogP contribution is -2.51. The van der Waals surface area contributed by atoms with Crippen LogP contribution in [0.1, 0.15) is 18.4 Å². The van der Waals surface area contributed by atoms with Gasteiger partial charge in [0.05, 0.1) is 6.16 Å². The van der Waals surface area contributed by atoms with E-state index in [4.69, 9.17) is 20.6 Å². The summed E-state index contributed by atoms with van der Waals surface area (Å²) in [4.78, 5) is 29.3. The maximum absolute atomic E-state index is 11.1. The summed E-state index contributed by atoms with van der Waals surface area (Å²) in [5.41, 5.74) is 4.45. The van der Waals surface area contributed by atoms with Crippen molar-refractivity contribution in [3.63, 3.8) is 0 Å². The first-order valence-corrected chi connectivity index (χ1v) is 7.06. The first kappa shape index (κ1) is 14.9. The van der Waals surface area contributed by atoms with Gasteiger partial charge in [0.15, 0.2) is 0 Å². The highest BCUT2D eigenvalue weighted by molar-refractivity contribution is 7.51. The second-order valence-corrected chi connectivity index (χ2v) is 6.09. The van der Waals surface area contributed by atoms with Gasteiger partial charge in [0.1, 0.15) is 5.54 Å². The number of rotatable bonds is 5. The molecule has 5 N–H and O–H groups in total. The lowest BCUT2D eigenvalue weighted by molar-refractivity contribution is -0.143. The third-order valence-corrected chi connectivity index (χ3v) is 3.65. The fraction of sp³-hybridized carbons (Fsp3) is 0.364. The van der Waals surface area contributed by atoms with E-state index in [2.05, 4.69) is 0 Å². The van der Waals surface area contributed by atoms with Gasteiger partial charge in [0.25, 0.3) is 0 Å². The van der Waals surface area contributed by atoms with Crippen LogP contribution >= 0.6 is 7.60 Å². The second-order valence-electron chi connectivity index (χ2n) is 4.40. The van der Waals surface area contributed by atoms with Crippen LogP contribution in [0.25, 0.3) is 0 Å². The molecule has 0 aliphatic rings. The molecule has 0 saturated heterocycles. The molecule has 0 amide bonds. The Kier molecular flexibility index (Phi) is 4.29. The summed E-state index contributed by atoms with van der Waals surface area (Å²) in [7, 11) is -4.37. The molecule has 2 atom stereocenters. The van der Waals surface area contributed by atoms with E-state index >= 15 is 0 Å². The van der Waals surface area contributed by atoms with Gasteiger partial charge in [-0.15, -0.1) is 0 Å². The Hall–Kier alpha value is -1.20. The van der Waals surface area contributed by atoms with Crippen LogP contribution < -0.4 is 5.73 Å². The molecule has 0 aromatic heterocycles. The number of carboxylic acids is 1. The normalized spacial score (nSPS) is 16.9. The molecule has 100 valence electrons. The van der Waals surface area contributed by atoms with Crippen LogP contribution in [0.5, 0.6) is 0 Å². The van der Waals surface area contributed by atoms with Crippen molar-refractivity contribution in [1.82, 2.24) is 0 Å². The Morgan fingerprint density at radius 2 is 1.89 bits per heavy atom. The molecule has 18 heavy (non-hydrogen) atoms. The summed E-state index contributed by atoms with van der Waals surface area (Å²) >= 11 is 0. The molecule has 0 fully saturated rings. The van der Waals surface area contributed by atoms with Crippen molar-refractivity contribution in [2.45, 2.75) is 18.4 Å². The Morgan fingerprint density at radius 3 is 2.28 bits per heavy atom. The zero-order valence-electron chi connectivity index (χ0n) is 9.85. The SMILES string of the molecule is C[C@@](N)(C(=O)O)C(CP(=O)(O)O)c1ccccc1. The summed E-state index contributed by atoms with van der Waals surface area (Å²) in [6.45, 7) is 1.25. The predicted molar refractivity (Wildman–Crippen MR) is 66.3 cm³/mol. The van der Waals surface area contributed by atoms with E-state index in [0.29, 0.717) is 5.56 Å². The molecular formula is C11H16NO5P. The van der Waals surface area contributed by atoms with Gasteiger partial charge in [0, 0.05) is 5.92 Å². The minimum Gasteiger partial charge on any atom is -0.480 e. The monoisotopic (exact) mass is 273 g/mol. The minimum absolute atomic E-state index is 0.494. The topological polar surface area (TPSA) is 121 Å². The number of nitrogens with two attached hydrogens (primary N) is 1. The van der Waals surface area contributed by atoms with E-state index < -0.39 is 31.2 Å². The van der Waals surface area contributed by atoms with Gasteiger partial charge in [-0.1, -0.05) is 30.3 Å². The van der Waals surface area contributed by atoms with Gasteiger partial charge in [-0.2, -0.15) is 0 Å². The predicted octanol–water partition coefficient (Wildman–Crippen LogP) is 0.750. The molecule has 0 saturated carbocycles. The van der Waals surface area contributed by atoms with Crippen molar-refractivity contribution in [3.05, 3.63) is 35.9 Å². The van der Waals surface area contributed by atoms with Gasteiger partial charge < -0.3 is 20.6 Å². The lowest BCUT2D eigenvalue weighted by Gasteiger charge is -2.30. The molecule has 1 aromatic rings. The number of hydrogen-bond donors (Lipinski definition) is 4. The molecule has 1 aromatic carbocycles. The molecule has 6 nitrogen and oxygen atoms in total. The van der Waals surface area contributed by atoms with Crippen molar-refractivity contribution in [3.8, 4) is 0 Å². The van der Waals surface area contributed by atoms with E-state index in [1.165, 1.54) is 6.92 Å². The molecule has 0 aliphatic carbocycles. The number of aliphatic carboxylic acids is 1. The first-order valence-electron chi connectivity index (χ1n) is 5.26. The van der Waals surface area contributed by atoms with Crippen LogP contribution in [0, 0.1) is 0 Å². The second kappa shape index (κ2) is 5.20. The lowest BCUT2D eigenvalue weighted by atomic mass is 9.82. The van der Waals surface area contributed by atoms with E-state index in [9.17, 15) is 9.36 Å². The van der Waals surface area contributed by atoms with Gasteiger partial charge in [-0.05, 0) is 12.5 Å². The molecular weight excluding hydrogens is 257 g/mol. The average Bonchev–Trinajstić information content (AvgIpc) is 2.25. The van der Waals surface area contributed by atoms with Crippen molar-refractivity contribution in [2.75, 3.05) is 6.16 Å². The number of carboxylic acid groups (broad SMARTS) is 1. The number of carbonyl (C=O) groups is 1. The zero-order chi connectivity index (χ0) is 14.0. The van der Waals surface area contributed by atoms with Crippen LogP contribution in [0.3, 0.4) is 0 Å². The highest BCUT2D eigenvalue weighted by atomic mass is 31.2. The summed E-state index contributed by atoms with van der Waals surface area (Å²) in [5, 5.41) is 9.09. The van der Waals surface area contributed by atoms with Gasteiger partial charge in [-0.25, -0.2) is 0 Å². The van der Waals surface area contributed by atoms with Gasteiger partial charge in [-0.3, -0.25) is 9.36 Å². The maximum atomic E-state index is 11.1. The molecule has 0 heterocycles. The summed E-state index contributed by atoms with van der Waals surface area (Å²) in [6, 6.07) is 8.27. The highest BCUT2D eigenvalue weighted by Gasteiger charge is 2.41. The highest BCUT2D eigenvalue weighted by Crippen LogP contribution is 2.43. The molecule has 0 spiro atoms. The van der Waals surface area contributed by atoms with E-state index in [1.807, 2.05) is 0 Å². The number of hydrogen-bond acceptors (Lipinski definition) is 3. The largest absolute Gasteiger partial charge is 0.480 e. The zero-order valence-corrected chi connectivity index (χ0v) is 10.7. The maximum Gasteiger partial charge on any atom is 0.326 e. The van der Waals surface area contributed by atoms with E-state index in [0.717, 1.165) is 0 Å². The third kappa shape index (κ3) is 3.65. The fourth-order valence-electron chi connectivity index (χ4n) is 1.71. The van der Waals surface area contributed by atoms with Crippen LogP contribution in [0.15, 0.2) is 30.3 Å². The smallest absolute Gasteiger partial charge is 0.326 e. The minimum atomic E-state index is -4.37. The third-order valence-electron chi connectivity index (χ3n) is 2.81. The molecule has 7 heteroatoms. The van der Waals surface area contributed by atoms with Gasteiger partial charge >= 0.3 is 13.6 Å². The van der Waals surface area contributed by atoms with Gasteiger partial charge in [0.2, 0.25) is 0 Å². The molecule has 0 radical (unpaired) electrons. The van der Waals surface area contributed by atoms with Crippen molar-refractivity contribution < 1.29 is 24.3 Å². The first-order chi connectivity index (χ1) is 8.14.